The van der Waals surface area contributed by atoms with Crippen LogP contribution in [0.1, 0.15) is 17.7 Å². The molecule has 0 aliphatic carbocycles. The Labute approximate surface area is 190 Å². The standard InChI is InChI=1S/C24H24F2N4O3/c1-16-20-22(28(2)24(32)29(16)13-6-14-31)27-21(30(20)15-17-7-4-3-5-8-17)18-9-11-19(12-10-18)33-23(25)26/h3-5,7-12,23,31H,1,6,13-15H2,2H3. The molecule has 0 radical (unpaired) electrons. The summed E-state index contributed by atoms with van der Waals surface area (Å²) in [7, 11) is 1.64. The van der Waals surface area contributed by atoms with Gasteiger partial charge in [-0.15, -0.1) is 0 Å². The van der Waals surface area contributed by atoms with Crippen LogP contribution in [0.25, 0.3) is 17.1 Å². The van der Waals surface area contributed by atoms with E-state index in [0.29, 0.717) is 48.1 Å². The van der Waals surface area contributed by atoms with Crippen LogP contribution in [-0.2, 0) is 6.54 Å². The van der Waals surface area contributed by atoms with E-state index >= 15 is 0 Å². The van der Waals surface area contributed by atoms with E-state index in [1.807, 2.05) is 34.9 Å². The number of ether oxygens (including phenoxy) is 1. The molecule has 0 unspecified atom stereocenters. The molecule has 2 heterocycles. The van der Waals surface area contributed by atoms with Gasteiger partial charge in [-0.2, -0.15) is 8.78 Å². The number of hydrogen-bond donors (Lipinski definition) is 1. The number of benzene rings is 2. The first kappa shape index (κ1) is 22.5. The van der Waals surface area contributed by atoms with Gasteiger partial charge in [0.15, 0.2) is 5.82 Å². The Morgan fingerprint density at radius 3 is 2.45 bits per heavy atom. The van der Waals surface area contributed by atoms with Crippen molar-refractivity contribution in [1.82, 2.24) is 14.5 Å². The molecule has 9 heteroatoms. The highest BCUT2D eigenvalue weighted by Crippen LogP contribution is 2.38. The number of aromatic nitrogens is 2. The number of aliphatic hydroxyl groups is 1. The molecule has 0 saturated carbocycles. The fraction of sp³-hybridized carbons (Fsp3) is 0.250. The van der Waals surface area contributed by atoms with E-state index in [-0.39, 0.29) is 18.4 Å². The van der Waals surface area contributed by atoms with Crippen molar-refractivity contribution in [1.29, 1.82) is 0 Å². The van der Waals surface area contributed by atoms with Gasteiger partial charge < -0.3 is 14.4 Å². The number of hydrogen-bond acceptors (Lipinski definition) is 4. The van der Waals surface area contributed by atoms with Gasteiger partial charge in [0, 0.05) is 32.3 Å². The van der Waals surface area contributed by atoms with Crippen LogP contribution in [0.15, 0.2) is 61.2 Å². The summed E-state index contributed by atoms with van der Waals surface area (Å²) in [5.41, 5.74) is 2.87. The average molecular weight is 454 g/mol. The predicted octanol–water partition coefficient (Wildman–Crippen LogP) is 4.42. The number of rotatable bonds is 8. The van der Waals surface area contributed by atoms with Crippen LogP contribution in [0.5, 0.6) is 5.75 Å². The van der Waals surface area contributed by atoms with Gasteiger partial charge in [-0.3, -0.25) is 9.80 Å². The second kappa shape index (κ2) is 9.41. The first-order valence-corrected chi connectivity index (χ1v) is 10.5. The molecule has 0 bridgehead atoms. The van der Waals surface area contributed by atoms with Crippen LogP contribution in [-0.4, -0.2) is 52.4 Å². The van der Waals surface area contributed by atoms with Gasteiger partial charge in [-0.25, -0.2) is 9.78 Å². The molecule has 1 aliphatic heterocycles. The zero-order chi connectivity index (χ0) is 23.5. The summed E-state index contributed by atoms with van der Waals surface area (Å²) < 4.78 is 31.5. The SMILES string of the molecule is C=C1c2c(nc(-c3ccc(OC(F)F)cc3)n2Cc2ccccc2)N(C)C(=O)N1CCCO. The number of aliphatic hydroxyl groups excluding tert-OH is 1. The Kier molecular flexibility index (Phi) is 6.41. The maximum atomic E-state index is 12.9. The monoisotopic (exact) mass is 454 g/mol. The topological polar surface area (TPSA) is 70.8 Å². The average Bonchev–Trinajstić information content (AvgIpc) is 3.18. The maximum Gasteiger partial charge on any atom is 0.387 e. The van der Waals surface area contributed by atoms with Crippen LogP contribution < -0.4 is 9.64 Å². The molecule has 2 amide bonds. The van der Waals surface area contributed by atoms with E-state index in [1.54, 1.807) is 19.2 Å². The van der Waals surface area contributed by atoms with E-state index in [4.69, 9.17) is 4.98 Å². The number of amides is 2. The third-order valence-corrected chi connectivity index (χ3v) is 5.44. The number of carbonyl (C=O) groups is 1. The molecule has 2 aromatic carbocycles. The minimum atomic E-state index is -2.91. The Bertz CT molecular complexity index is 1150. The van der Waals surface area contributed by atoms with Crippen molar-refractivity contribution in [2.45, 2.75) is 19.6 Å². The molecule has 1 N–H and O–H groups in total. The lowest BCUT2D eigenvalue weighted by Gasteiger charge is -2.34. The highest BCUT2D eigenvalue weighted by Gasteiger charge is 2.36. The van der Waals surface area contributed by atoms with E-state index in [1.165, 1.54) is 21.9 Å². The number of anilines is 1. The molecule has 0 saturated heterocycles. The van der Waals surface area contributed by atoms with Crippen LogP contribution in [0.2, 0.25) is 0 Å². The number of nitrogens with zero attached hydrogens (tertiary/aromatic N) is 4. The van der Waals surface area contributed by atoms with Gasteiger partial charge in [-0.1, -0.05) is 36.9 Å². The zero-order valence-electron chi connectivity index (χ0n) is 18.1. The largest absolute Gasteiger partial charge is 0.435 e. The maximum absolute atomic E-state index is 12.9. The van der Waals surface area contributed by atoms with Crippen LogP contribution in [0, 0.1) is 0 Å². The van der Waals surface area contributed by atoms with Crippen LogP contribution >= 0.6 is 0 Å². The van der Waals surface area contributed by atoms with Gasteiger partial charge in [0.25, 0.3) is 0 Å². The van der Waals surface area contributed by atoms with Crippen molar-refractivity contribution in [3.8, 4) is 17.1 Å². The molecular weight excluding hydrogens is 430 g/mol. The van der Waals surface area contributed by atoms with Gasteiger partial charge in [0.2, 0.25) is 0 Å². The zero-order valence-corrected chi connectivity index (χ0v) is 18.1. The van der Waals surface area contributed by atoms with Gasteiger partial charge in [0.1, 0.15) is 17.3 Å². The molecule has 1 aliphatic rings. The van der Waals surface area contributed by atoms with E-state index < -0.39 is 6.61 Å². The quantitative estimate of drug-likeness (QED) is 0.547. The van der Waals surface area contributed by atoms with Gasteiger partial charge in [-0.05, 0) is 36.2 Å². The van der Waals surface area contributed by atoms with Crippen molar-refractivity contribution in [2.24, 2.45) is 0 Å². The van der Waals surface area contributed by atoms with Crippen molar-refractivity contribution < 1.29 is 23.4 Å². The molecule has 7 nitrogen and oxygen atoms in total. The Morgan fingerprint density at radius 2 is 1.82 bits per heavy atom. The molecule has 0 spiro atoms. The number of alkyl halides is 2. The smallest absolute Gasteiger partial charge is 0.387 e. The third kappa shape index (κ3) is 4.45. The first-order valence-electron chi connectivity index (χ1n) is 10.5. The number of urea groups is 1. The molecule has 0 fully saturated rings. The van der Waals surface area contributed by atoms with Crippen LogP contribution in [0.3, 0.4) is 0 Å². The Hall–Kier alpha value is -3.72. The van der Waals surface area contributed by atoms with Crippen LogP contribution in [0.4, 0.5) is 19.4 Å². The molecule has 1 aromatic heterocycles. The molecule has 33 heavy (non-hydrogen) atoms. The summed E-state index contributed by atoms with van der Waals surface area (Å²) in [4.78, 5) is 20.7. The number of imidazole rings is 1. The Balaban J connectivity index is 1.82. The number of halogens is 2. The fourth-order valence-corrected chi connectivity index (χ4v) is 3.86. The van der Waals surface area contributed by atoms with Gasteiger partial charge in [0.05, 0.1) is 5.70 Å². The summed E-state index contributed by atoms with van der Waals surface area (Å²) in [6.45, 7) is 1.99. The van der Waals surface area contributed by atoms with Crippen molar-refractivity contribution in [2.75, 3.05) is 25.1 Å². The lowest BCUT2D eigenvalue weighted by molar-refractivity contribution is -0.0498. The van der Waals surface area contributed by atoms with E-state index in [2.05, 4.69) is 11.3 Å². The first-order chi connectivity index (χ1) is 15.9. The predicted molar refractivity (Wildman–Crippen MR) is 121 cm³/mol. The number of carbonyl (C=O) groups excluding carboxylic acids is 1. The Morgan fingerprint density at radius 1 is 1.12 bits per heavy atom. The summed E-state index contributed by atoms with van der Waals surface area (Å²) in [5, 5.41) is 9.25. The highest BCUT2D eigenvalue weighted by atomic mass is 19.3. The number of fused-ring (bicyclic) bond motifs is 1. The summed E-state index contributed by atoms with van der Waals surface area (Å²) in [5.74, 6) is 1.08. The molecular formula is C24H24F2N4O3. The van der Waals surface area contributed by atoms with Crippen molar-refractivity contribution >= 4 is 17.5 Å². The highest BCUT2D eigenvalue weighted by molar-refractivity contribution is 6.03. The van der Waals surface area contributed by atoms with Crippen molar-refractivity contribution in [3.63, 3.8) is 0 Å². The lowest BCUT2D eigenvalue weighted by atomic mass is 10.1. The van der Waals surface area contributed by atoms with Crippen molar-refractivity contribution in [3.05, 3.63) is 72.4 Å². The van der Waals surface area contributed by atoms with E-state index in [0.717, 1.165) is 5.56 Å². The van der Waals surface area contributed by atoms with Gasteiger partial charge >= 0.3 is 12.6 Å². The fourth-order valence-electron chi connectivity index (χ4n) is 3.86. The minimum absolute atomic E-state index is 0.0464. The summed E-state index contributed by atoms with van der Waals surface area (Å²) >= 11 is 0. The summed E-state index contributed by atoms with van der Waals surface area (Å²) in [6, 6.07) is 15.7. The molecule has 0 atom stereocenters. The lowest BCUT2D eigenvalue weighted by Crippen LogP contribution is -2.45. The minimum Gasteiger partial charge on any atom is -0.435 e. The second-order valence-corrected chi connectivity index (χ2v) is 7.60. The second-order valence-electron chi connectivity index (χ2n) is 7.60. The molecule has 4 rings (SSSR count). The normalized spacial score (nSPS) is 13.6. The molecule has 3 aromatic rings. The third-order valence-electron chi connectivity index (χ3n) is 5.44. The van der Waals surface area contributed by atoms with E-state index in [9.17, 15) is 18.7 Å². The molecule has 172 valence electrons. The summed E-state index contributed by atoms with van der Waals surface area (Å²) in [6.07, 6.45) is 0.416.